The van der Waals surface area contributed by atoms with E-state index in [9.17, 15) is 23.1 Å². The lowest BCUT2D eigenvalue weighted by atomic mass is 10.1. The van der Waals surface area contributed by atoms with Gasteiger partial charge in [-0.15, -0.1) is 0 Å². The van der Waals surface area contributed by atoms with Gasteiger partial charge in [-0.1, -0.05) is 13.0 Å². The molecule has 0 bridgehead atoms. The van der Waals surface area contributed by atoms with E-state index in [4.69, 9.17) is 0 Å². The molecule has 0 radical (unpaired) electrons. The van der Waals surface area contributed by atoms with Crippen molar-refractivity contribution in [1.82, 2.24) is 4.57 Å². The number of benzene rings is 2. The number of anilines is 1. The average molecular weight is 406 g/mol. The Hall–Kier alpha value is -2.87. The summed E-state index contributed by atoms with van der Waals surface area (Å²) in [6, 6.07) is 11.8. The minimum Gasteiger partial charge on any atom is -0.478 e. The fourth-order valence-corrected chi connectivity index (χ4v) is 3.61. The normalized spacial score (nSPS) is 11.4. The third-order valence-corrected chi connectivity index (χ3v) is 5.09. The fourth-order valence-electron chi connectivity index (χ4n) is 2.70. The molecule has 2 aromatic carbocycles. The summed E-state index contributed by atoms with van der Waals surface area (Å²) in [7, 11) is 0. The van der Waals surface area contributed by atoms with Crippen LogP contribution in [0, 0.1) is 0 Å². The zero-order valence-corrected chi connectivity index (χ0v) is 15.6. The van der Waals surface area contributed by atoms with Crippen LogP contribution in [-0.4, -0.2) is 15.6 Å². The highest BCUT2D eigenvalue weighted by Crippen LogP contribution is 2.35. The van der Waals surface area contributed by atoms with E-state index < -0.39 is 17.7 Å². The van der Waals surface area contributed by atoms with Crippen molar-refractivity contribution in [1.29, 1.82) is 0 Å². The number of hydrogen-bond acceptors (Lipinski definition) is 3. The maximum absolute atomic E-state index is 13.2. The molecule has 28 heavy (non-hydrogen) atoms. The van der Waals surface area contributed by atoms with Gasteiger partial charge in [0.25, 0.3) is 0 Å². The second-order valence-electron chi connectivity index (χ2n) is 6.01. The number of hydrogen-bond donors (Lipinski definition) is 2. The Labute approximate surface area is 164 Å². The van der Waals surface area contributed by atoms with Crippen LogP contribution >= 0.6 is 11.9 Å². The first-order valence-electron chi connectivity index (χ1n) is 8.43. The third kappa shape index (κ3) is 4.33. The van der Waals surface area contributed by atoms with Gasteiger partial charge >= 0.3 is 12.1 Å². The number of carbonyl (C=O) groups is 1. The molecule has 0 unspecified atom stereocenters. The van der Waals surface area contributed by atoms with Crippen molar-refractivity contribution < 1.29 is 23.1 Å². The second-order valence-corrected chi connectivity index (χ2v) is 6.85. The van der Waals surface area contributed by atoms with Crippen molar-refractivity contribution in [3.8, 4) is 5.69 Å². The van der Waals surface area contributed by atoms with Crippen molar-refractivity contribution in [3.05, 3.63) is 77.6 Å². The first kappa shape index (κ1) is 19.9. The van der Waals surface area contributed by atoms with Crippen LogP contribution in [0.2, 0.25) is 0 Å². The van der Waals surface area contributed by atoms with Gasteiger partial charge in [-0.05, 0) is 66.4 Å². The third-order valence-electron chi connectivity index (χ3n) is 4.17. The molecule has 0 atom stereocenters. The van der Waals surface area contributed by atoms with Crippen molar-refractivity contribution in [2.45, 2.75) is 24.4 Å². The van der Waals surface area contributed by atoms with Gasteiger partial charge in [-0.2, -0.15) is 13.2 Å². The quantitative estimate of drug-likeness (QED) is 0.502. The molecule has 0 aliphatic carbocycles. The van der Waals surface area contributed by atoms with Crippen LogP contribution in [-0.2, 0) is 12.6 Å². The Balaban J connectivity index is 1.97. The number of nitrogens with zero attached hydrogens (tertiary/aromatic N) is 1. The Morgan fingerprint density at radius 2 is 1.86 bits per heavy atom. The van der Waals surface area contributed by atoms with Crippen LogP contribution in [0.25, 0.3) is 5.69 Å². The van der Waals surface area contributed by atoms with Crippen molar-refractivity contribution >= 4 is 23.6 Å². The molecule has 146 valence electrons. The Morgan fingerprint density at radius 1 is 1.14 bits per heavy atom. The summed E-state index contributed by atoms with van der Waals surface area (Å²) < 4.78 is 44.2. The van der Waals surface area contributed by atoms with Crippen LogP contribution in [0.1, 0.15) is 28.4 Å². The molecule has 0 fully saturated rings. The minimum atomic E-state index is -4.46. The number of nitrogens with one attached hydrogen (secondary N) is 1. The van der Waals surface area contributed by atoms with Gasteiger partial charge in [-0.3, -0.25) is 0 Å². The Bertz CT molecular complexity index is 986. The maximum Gasteiger partial charge on any atom is 0.416 e. The largest absolute Gasteiger partial charge is 0.478 e. The highest BCUT2D eigenvalue weighted by atomic mass is 32.2. The predicted octanol–water partition coefficient (Wildman–Crippen LogP) is 5.88. The van der Waals surface area contributed by atoms with Crippen LogP contribution < -0.4 is 4.72 Å². The standard InChI is InChI=1S/C20H17F3N2O2S/c1-2-13-5-6-14(19(26)27)11-18(13)28-24-16-12-15(20(21,22)23)7-8-17(16)25-9-3-4-10-25/h3-12,24H,2H2,1H3,(H,26,27). The number of carboxylic acids is 1. The summed E-state index contributed by atoms with van der Waals surface area (Å²) in [4.78, 5) is 11.9. The minimum absolute atomic E-state index is 0.121. The summed E-state index contributed by atoms with van der Waals surface area (Å²) in [6.45, 7) is 1.93. The van der Waals surface area contributed by atoms with E-state index in [0.717, 1.165) is 29.6 Å². The first-order chi connectivity index (χ1) is 13.3. The van der Waals surface area contributed by atoms with Crippen LogP contribution in [0.5, 0.6) is 0 Å². The van der Waals surface area contributed by atoms with Gasteiger partial charge in [0.2, 0.25) is 0 Å². The Morgan fingerprint density at radius 3 is 2.46 bits per heavy atom. The lowest BCUT2D eigenvalue weighted by Crippen LogP contribution is -2.07. The maximum atomic E-state index is 13.2. The van der Waals surface area contributed by atoms with E-state index in [0.29, 0.717) is 17.0 Å². The summed E-state index contributed by atoms with van der Waals surface area (Å²) in [6.07, 6.45) is -0.326. The van der Waals surface area contributed by atoms with E-state index in [1.807, 2.05) is 6.92 Å². The molecule has 0 aliphatic rings. The van der Waals surface area contributed by atoms with Gasteiger partial charge in [0.1, 0.15) is 0 Å². The van der Waals surface area contributed by atoms with Gasteiger partial charge in [0.05, 0.1) is 22.5 Å². The number of rotatable bonds is 6. The molecule has 4 nitrogen and oxygen atoms in total. The number of alkyl halides is 3. The van der Waals surface area contributed by atoms with E-state index in [2.05, 4.69) is 4.72 Å². The number of halogens is 3. The van der Waals surface area contributed by atoms with Gasteiger partial charge in [0, 0.05) is 17.3 Å². The molecule has 3 aromatic rings. The van der Waals surface area contributed by atoms with Crippen molar-refractivity contribution in [2.75, 3.05) is 4.72 Å². The van der Waals surface area contributed by atoms with E-state index >= 15 is 0 Å². The van der Waals surface area contributed by atoms with Gasteiger partial charge < -0.3 is 14.4 Å². The monoisotopic (exact) mass is 406 g/mol. The molecule has 2 N–H and O–H groups in total. The number of aryl methyl sites for hydroxylation is 1. The smallest absolute Gasteiger partial charge is 0.416 e. The molecular formula is C20H17F3N2O2S. The molecule has 8 heteroatoms. The molecule has 0 aliphatic heterocycles. The Kier molecular flexibility index (Phi) is 5.69. The van der Waals surface area contributed by atoms with E-state index in [-0.39, 0.29) is 11.3 Å². The van der Waals surface area contributed by atoms with E-state index in [1.165, 1.54) is 18.2 Å². The zero-order valence-electron chi connectivity index (χ0n) is 14.8. The average Bonchev–Trinajstić information content (AvgIpc) is 3.19. The predicted molar refractivity (Wildman–Crippen MR) is 103 cm³/mol. The first-order valence-corrected chi connectivity index (χ1v) is 9.25. The van der Waals surface area contributed by atoms with Crippen molar-refractivity contribution in [2.24, 2.45) is 0 Å². The molecule has 0 saturated heterocycles. The lowest BCUT2D eigenvalue weighted by molar-refractivity contribution is -0.137. The summed E-state index contributed by atoms with van der Waals surface area (Å²) in [5.74, 6) is -1.06. The van der Waals surface area contributed by atoms with Crippen LogP contribution in [0.4, 0.5) is 18.9 Å². The van der Waals surface area contributed by atoms with Gasteiger partial charge in [0.15, 0.2) is 0 Å². The molecule has 3 rings (SSSR count). The topological polar surface area (TPSA) is 54.3 Å². The second kappa shape index (κ2) is 8.02. The highest BCUT2D eigenvalue weighted by molar-refractivity contribution is 8.00. The molecule has 1 aromatic heterocycles. The molecule has 0 amide bonds. The lowest BCUT2D eigenvalue weighted by Gasteiger charge is -2.16. The SMILES string of the molecule is CCc1ccc(C(=O)O)cc1SNc1cc(C(F)(F)F)ccc1-n1cccc1. The van der Waals surface area contributed by atoms with Gasteiger partial charge in [-0.25, -0.2) is 4.79 Å². The molecular weight excluding hydrogens is 389 g/mol. The summed E-state index contributed by atoms with van der Waals surface area (Å²) >= 11 is 1.09. The zero-order chi connectivity index (χ0) is 20.3. The van der Waals surface area contributed by atoms with Crippen LogP contribution in [0.15, 0.2) is 65.8 Å². The molecule has 0 spiro atoms. The number of aromatic carboxylic acids is 1. The number of aromatic nitrogens is 1. The molecule has 1 heterocycles. The highest BCUT2D eigenvalue weighted by Gasteiger charge is 2.31. The van der Waals surface area contributed by atoms with Crippen molar-refractivity contribution in [3.63, 3.8) is 0 Å². The summed E-state index contributed by atoms with van der Waals surface area (Å²) in [5.41, 5.74) is 1.09. The van der Waals surface area contributed by atoms with E-state index in [1.54, 1.807) is 35.2 Å². The van der Waals surface area contributed by atoms with Crippen LogP contribution in [0.3, 0.4) is 0 Å². The fraction of sp³-hybridized carbons (Fsp3) is 0.150. The summed E-state index contributed by atoms with van der Waals surface area (Å²) in [5, 5.41) is 9.20. The number of carboxylic acid groups (broad SMARTS) is 1. The molecule has 0 saturated carbocycles.